The van der Waals surface area contributed by atoms with Gasteiger partial charge in [-0.1, -0.05) is 11.6 Å². The van der Waals surface area contributed by atoms with E-state index in [1.165, 1.54) is 0 Å². The fourth-order valence-corrected chi connectivity index (χ4v) is 2.22. The Labute approximate surface area is 154 Å². The molecule has 0 saturated heterocycles. The van der Waals surface area contributed by atoms with Gasteiger partial charge in [0.2, 0.25) is 5.91 Å². The van der Waals surface area contributed by atoms with Gasteiger partial charge in [-0.3, -0.25) is 9.69 Å². The van der Waals surface area contributed by atoms with E-state index in [4.69, 9.17) is 16.3 Å². The van der Waals surface area contributed by atoms with Gasteiger partial charge in [-0.25, -0.2) is 13.2 Å². The summed E-state index contributed by atoms with van der Waals surface area (Å²) in [5.74, 6) is -4.28. The zero-order valence-electron chi connectivity index (χ0n) is 14.2. The van der Waals surface area contributed by atoms with Crippen LogP contribution in [0, 0.1) is 17.5 Å². The summed E-state index contributed by atoms with van der Waals surface area (Å²) in [5, 5.41) is 2.86. The highest BCUT2D eigenvalue weighted by molar-refractivity contribution is 6.30. The van der Waals surface area contributed by atoms with Crippen molar-refractivity contribution in [2.75, 3.05) is 25.5 Å². The molecule has 140 valence electrons. The number of rotatable bonds is 7. The van der Waals surface area contributed by atoms with E-state index in [0.29, 0.717) is 23.9 Å². The van der Waals surface area contributed by atoms with Crippen LogP contribution in [0.15, 0.2) is 36.4 Å². The minimum atomic E-state index is -1.62. The van der Waals surface area contributed by atoms with Crippen LogP contribution in [0.1, 0.15) is 6.92 Å². The Hall–Kier alpha value is -2.25. The third-order valence-corrected chi connectivity index (χ3v) is 4.11. The largest absolute Gasteiger partial charge is 0.492 e. The van der Waals surface area contributed by atoms with Crippen LogP contribution in [0.5, 0.6) is 5.75 Å². The van der Waals surface area contributed by atoms with E-state index in [1.807, 2.05) is 0 Å². The van der Waals surface area contributed by atoms with Gasteiger partial charge in [0.05, 0.1) is 11.7 Å². The molecule has 2 rings (SSSR count). The monoisotopic (exact) mass is 386 g/mol. The molecule has 0 radical (unpaired) electrons. The summed E-state index contributed by atoms with van der Waals surface area (Å²) in [6.45, 7) is 2.34. The summed E-state index contributed by atoms with van der Waals surface area (Å²) in [6, 6.07) is 7.94. The van der Waals surface area contributed by atoms with Crippen LogP contribution >= 0.6 is 11.6 Å². The van der Waals surface area contributed by atoms with Crippen LogP contribution in [0.4, 0.5) is 18.9 Å². The van der Waals surface area contributed by atoms with E-state index in [1.54, 1.807) is 43.1 Å². The highest BCUT2D eigenvalue weighted by Crippen LogP contribution is 2.20. The molecule has 0 saturated carbocycles. The summed E-state index contributed by atoms with van der Waals surface area (Å²) >= 11 is 5.79. The van der Waals surface area contributed by atoms with Gasteiger partial charge in [0.15, 0.2) is 17.5 Å². The van der Waals surface area contributed by atoms with Crippen LogP contribution in [-0.4, -0.2) is 37.0 Å². The summed E-state index contributed by atoms with van der Waals surface area (Å²) in [5.41, 5.74) is -0.411. The zero-order chi connectivity index (χ0) is 19.3. The number of amides is 1. The van der Waals surface area contributed by atoms with Gasteiger partial charge < -0.3 is 10.1 Å². The lowest BCUT2D eigenvalue weighted by Crippen LogP contribution is -2.41. The van der Waals surface area contributed by atoms with E-state index in [9.17, 15) is 18.0 Å². The van der Waals surface area contributed by atoms with Gasteiger partial charge in [-0.15, -0.1) is 0 Å². The van der Waals surface area contributed by atoms with Gasteiger partial charge in [0.1, 0.15) is 12.4 Å². The second-order valence-corrected chi connectivity index (χ2v) is 6.11. The van der Waals surface area contributed by atoms with Crippen molar-refractivity contribution in [1.82, 2.24) is 4.90 Å². The molecule has 26 heavy (non-hydrogen) atoms. The number of ether oxygens (including phenoxy) is 1. The Balaban J connectivity index is 1.87. The molecule has 1 atom stereocenters. The number of nitrogens with one attached hydrogen (secondary N) is 1. The molecule has 0 aliphatic rings. The summed E-state index contributed by atoms with van der Waals surface area (Å²) < 4.78 is 45.3. The SMILES string of the molecule is CC(C(=O)Nc1ccc(F)c(F)c1F)N(C)CCOc1ccc(Cl)cc1. The van der Waals surface area contributed by atoms with Gasteiger partial charge >= 0.3 is 0 Å². The maximum atomic E-state index is 13.6. The second kappa shape index (κ2) is 8.91. The summed E-state index contributed by atoms with van der Waals surface area (Å²) in [6.07, 6.45) is 0. The number of hydrogen-bond donors (Lipinski definition) is 1. The fraction of sp³-hybridized carbons (Fsp3) is 0.278. The van der Waals surface area contributed by atoms with Gasteiger partial charge in [0.25, 0.3) is 0 Å². The molecule has 0 bridgehead atoms. The summed E-state index contributed by atoms with van der Waals surface area (Å²) in [7, 11) is 1.69. The number of carbonyl (C=O) groups is 1. The molecule has 2 aromatic carbocycles. The minimum Gasteiger partial charge on any atom is -0.492 e. The molecule has 0 aliphatic carbocycles. The van der Waals surface area contributed by atoms with Crippen molar-refractivity contribution in [2.45, 2.75) is 13.0 Å². The first-order valence-corrected chi connectivity index (χ1v) is 8.20. The minimum absolute atomic E-state index is 0.315. The van der Waals surface area contributed by atoms with E-state index < -0.39 is 35.1 Å². The predicted molar refractivity (Wildman–Crippen MR) is 94.0 cm³/mol. The first-order valence-electron chi connectivity index (χ1n) is 7.82. The van der Waals surface area contributed by atoms with Crippen LogP contribution in [0.25, 0.3) is 0 Å². The van der Waals surface area contributed by atoms with Gasteiger partial charge in [0, 0.05) is 11.6 Å². The van der Waals surface area contributed by atoms with Crippen molar-refractivity contribution < 1.29 is 22.7 Å². The molecule has 0 aliphatic heterocycles. The van der Waals surface area contributed by atoms with Crippen molar-refractivity contribution in [1.29, 1.82) is 0 Å². The van der Waals surface area contributed by atoms with Gasteiger partial charge in [-0.05, 0) is 50.4 Å². The zero-order valence-corrected chi connectivity index (χ0v) is 15.0. The van der Waals surface area contributed by atoms with Crippen LogP contribution < -0.4 is 10.1 Å². The van der Waals surface area contributed by atoms with Crippen molar-refractivity contribution in [3.63, 3.8) is 0 Å². The first kappa shape index (κ1) is 20.1. The molecule has 8 heteroatoms. The first-order chi connectivity index (χ1) is 12.3. The Bertz CT molecular complexity index is 772. The number of carbonyl (C=O) groups excluding carboxylic acids is 1. The Morgan fingerprint density at radius 2 is 1.81 bits per heavy atom. The number of benzene rings is 2. The number of anilines is 1. The van der Waals surface area contributed by atoms with Crippen LogP contribution in [-0.2, 0) is 4.79 Å². The quantitative estimate of drug-likeness (QED) is 0.728. The number of halogens is 4. The van der Waals surface area contributed by atoms with Crippen molar-refractivity contribution in [3.05, 3.63) is 58.9 Å². The lowest BCUT2D eigenvalue weighted by atomic mass is 10.2. The maximum Gasteiger partial charge on any atom is 0.241 e. The molecule has 1 N–H and O–H groups in total. The highest BCUT2D eigenvalue weighted by atomic mass is 35.5. The molecule has 2 aromatic rings. The Morgan fingerprint density at radius 1 is 1.15 bits per heavy atom. The standard InChI is InChI=1S/C18H18ClF3N2O2/c1-11(18(25)23-15-8-7-14(20)16(21)17(15)22)24(2)9-10-26-13-5-3-12(19)4-6-13/h3-8,11H,9-10H2,1-2H3,(H,23,25). The highest BCUT2D eigenvalue weighted by Gasteiger charge is 2.21. The third kappa shape index (κ3) is 5.12. The Morgan fingerprint density at radius 3 is 2.46 bits per heavy atom. The topological polar surface area (TPSA) is 41.6 Å². The summed E-state index contributed by atoms with van der Waals surface area (Å²) in [4.78, 5) is 13.9. The molecule has 4 nitrogen and oxygen atoms in total. The van der Waals surface area contributed by atoms with E-state index in [0.717, 1.165) is 12.1 Å². The molecule has 1 amide bonds. The molecule has 0 fully saturated rings. The van der Waals surface area contributed by atoms with Crippen LogP contribution in [0.2, 0.25) is 5.02 Å². The van der Waals surface area contributed by atoms with Crippen molar-refractivity contribution in [3.8, 4) is 5.75 Å². The molecular weight excluding hydrogens is 369 g/mol. The number of nitrogens with zero attached hydrogens (tertiary/aromatic N) is 1. The lowest BCUT2D eigenvalue weighted by Gasteiger charge is -2.24. The fourth-order valence-electron chi connectivity index (χ4n) is 2.09. The number of likely N-dealkylation sites (N-methyl/N-ethyl adjacent to an activating group) is 1. The maximum absolute atomic E-state index is 13.6. The van der Waals surface area contributed by atoms with Crippen molar-refractivity contribution >= 4 is 23.2 Å². The molecular formula is C18H18ClF3N2O2. The third-order valence-electron chi connectivity index (χ3n) is 3.86. The average Bonchev–Trinajstić information content (AvgIpc) is 2.63. The van der Waals surface area contributed by atoms with E-state index in [2.05, 4.69) is 5.32 Å². The molecule has 1 unspecified atom stereocenters. The smallest absolute Gasteiger partial charge is 0.241 e. The Kier molecular flexibility index (Phi) is 6.88. The van der Waals surface area contributed by atoms with Gasteiger partial charge in [-0.2, -0.15) is 0 Å². The lowest BCUT2D eigenvalue weighted by molar-refractivity contribution is -0.120. The predicted octanol–water partition coefficient (Wildman–Crippen LogP) is 4.10. The molecule has 0 aromatic heterocycles. The molecule has 0 heterocycles. The van der Waals surface area contributed by atoms with E-state index >= 15 is 0 Å². The van der Waals surface area contributed by atoms with E-state index in [-0.39, 0.29) is 0 Å². The second-order valence-electron chi connectivity index (χ2n) is 5.67. The number of hydrogen-bond acceptors (Lipinski definition) is 3. The van der Waals surface area contributed by atoms with Crippen molar-refractivity contribution in [2.24, 2.45) is 0 Å². The van der Waals surface area contributed by atoms with Crippen LogP contribution in [0.3, 0.4) is 0 Å². The molecule has 0 spiro atoms. The average molecular weight is 387 g/mol. The normalized spacial score (nSPS) is 12.1.